The van der Waals surface area contributed by atoms with Crippen molar-refractivity contribution in [2.45, 2.75) is 12.8 Å². The van der Waals surface area contributed by atoms with Gasteiger partial charge in [0, 0.05) is 19.6 Å². The molecule has 0 saturated carbocycles. The SMILES string of the molecule is Fc1ccc(F)c(CCNC2=NCCCN2)c1.I. The second-order valence-electron chi connectivity index (χ2n) is 3.92. The van der Waals surface area contributed by atoms with Crippen LogP contribution in [0.3, 0.4) is 0 Å². The van der Waals surface area contributed by atoms with Gasteiger partial charge in [-0.15, -0.1) is 24.0 Å². The minimum Gasteiger partial charge on any atom is -0.356 e. The van der Waals surface area contributed by atoms with Crippen LogP contribution in [0.1, 0.15) is 12.0 Å². The number of nitrogens with zero attached hydrogens (tertiary/aromatic N) is 1. The number of hydrogen-bond donors (Lipinski definition) is 2. The van der Waals surface area contributed by atoms with Gasteiger partial charge in [-0.25, -0.2) is 8.78 Å². The molecule has 0 amide bonds. The first-order chi connectivity index (χ1) is 8.25. The highest BCUT2D eigenvalue weighted by molar-refractivity contribution is 14.0. The summed E-state index contributed by atoms with van der Waals surface area (Å²) in [5.74, 6) is -0.0330. The van der Waals surface area contributed by atoms with E-state index >= 15 is 0 Å². The summed E-state index contributed by atoms with van der Waals surface area (Å²) in [6, 6.07) is 3.51. The van der Waals surface area contributed by atoms with Gasteiger partial charge in [-0.3, -0.25) is 4.99 Å². The third-order valence-corrected chi connectivity index (χ3v) is 2.59. The van der Waals surface area contributed by atoms with Crippen LogP contribution in [0.4, 0.5) is 8.78 Å². The molecule has 0 unspecified atom stereocenters. The Balaban J connectivity index is 0.00000162. The molecule has 0 aromatic heterocycles. The van der Waals surface area contributed by atoms with Crippen molar-refractivity contribution in [2.24, 2.45) is 4.99 Å². The molecule has 0 bridgehead atoms. The molecule has 0 spiro atoms. The molecule has 1 aromatic carbocycles. The molecular formula is C12H16F2IN3. The number of guanidine groups is 1. The Morgan fingerprint density at radius 2 is 2.17 bits per heavy atom. The van der Waals surface area contributed by atoms with Crippen molar-refractivity contribution in [1.82, 2.24) is 10.6 Å². The van der Waals surface area contributed by atoms with Crippen LogP contribution in [-0.2, 0) is 6.42 Å². The Bertz CT molecular complexity index is 424. The second kappa shape index (κ2) is 7.50. The van der Waals surface area contributed by atoms with Gasteiger partial charge in [0.05, 0.1) is 0 Å². The monoisotopic (exact) mass is 367 g/mol. The van der Waals surface area contributed by atoms with Crippen LogP contribution in [0.5, 0.6) is 0 Å². The third kappa shape index (κ3) is 4.40. The minimum atomic E-state index is -0.408. The van der Waals surface area contributed by atoms with Crippen molar-refractivity contribution in [3.05, 3.63) is 35.4 Å². The molecule has 0 radical (unpaired) electrons. The lowest BCUT2D eigenvalue weighted by Crippen LogP contribution is -2.41. The summed E-state index contributed by atoms with van der Waals surface area (Å²) in [5.41, 5.74) is 0.383. The van der Waals surface area contributed by atoms with Gasteiger partial charge in [0.15, 0.2) is 5.96 Å². The third-order valence-electron chi connectivity index (χ3n) is 2.59. The second-order valence-corrected chi connectivity index (χ2v) is 3.92. The molecule has 1 aliphatic rings. The summed E-state index contributed by atoms with van der Waals surface area (Å²) in [6.45, 7) is 2.25. The molecule has 2 N–H and O–H groups in total. The van der Waals surface area contributed by atoms with Crippen LogP contribution in [0.15, 0.2) is 23.2 Å². The minimum absolute atomic E-state index is 0. The topological polar surface area (TPSA) is 36.4 Å². The van der Waals surface area contributed by atoms with E-state index in [0.29, 0.717) is 18.5 Å². The first-order valence-corrected chi connectivity index (χ1v) is 5.72. The predicted molar refractivity (Wildman–Crippen MR) is 78.4 cm³/mol. The average molecular weight is 367 g/mol. The Kier molecular flexibility index (Phi) is 6.31. The molecule has 100 valence electrons. The van der Waals surface area contributed by atoms with E-state index in [1.807, 2.05) is 0 Å². The Hall–Kier alpha value is -0.920. The van der Waals surface area contributed by atoms with E-state index in [9.17, 15) is 8.78 Å². The van der Waals surface area contributed by atoms with Gasteiger partial charge in [-0.1, -0.05) is 0 Å². The molecule has 1 heterocycles. The van der Waals surface area contributed by atoms with Crippen LogP contribution < -0.4 is 10.6 Å². The van der Waals surface area contributed by atoms with Crippen LogP contribution in [0.25, 0.3) is 0 Å². The first kappa shape index (κ1) is 15.1. The van der Waals surface area contributed by atoms with E-state index in [1.54, 1.807) is 0 Å². The van der Waals surface area contributed by atoms with E-state index in [-0.39, 0.29) is 29.8 Å². The Labute approximate surface area is 122 Å². The fourth-order valence-corrected chi connectivity index (χ4v) is 1.70. The van der Waals surface area contributed by atoms with Gasteiger partial charge in [-0.2, -0.15) is 0 Å². The first-order valence-electron chi connectivity index (χ1n) is 5.72. The zero-order chi connectivity index (χ0) is 12.1. The van der Waals surface area contributed by atoms with E-state index in [0.717, 1.165) is 37.6 Å². The number of halogens is 3. The highest BCUT2D eigenvalue weighted by Gasteiger charge is 2.05. The van der Waals surface area contributed by atoms with E-state index in [1.165, 1.54) is 6.07 Å². The number of rotatable bonds is 3. The van der Waals surface area contributed by atoms with Gasteiger partial charge in [-0.05, 0) is 36.6 Å². The molecule has 1 aliphatic heterocycles. The predicted octanol–water partition coefficient (Wildman–Crippen LogP) is 2.06. The molecule has 3 nitrogen and oxygen atoms in total. The van der Waals surface area contributed by atoms with E-state index in [2.05, 4.69) is 15.6 Å². The fraction of sp³-hybridized carbons (Fsp3) is 0.417. The highest BCUT2D eigenvalue weighted by Crippen LogP contribution is 2.09. The Morgan fingerprint density at radius 3 is 2.89 bits per heavy atom. The number of benzene rings is 1. The maximum absolute atomic E-state index is 13.3. The molecule has 0 atom stereocenters. The van der Waals surface area contributed by atoms with Crippen LogP contribution in [0, 0.1) is 11.6 Å². The fourth-order valence-electron chi connectivity index (χ4n) is 1.70. The maximum atomic E-state index is 13.3. The number of aliphatic imine (C=N–C) groups is 1. The van der Waals surface area contributed by atoms with Crippen LogP contribution in [-0.4, -0.2) is 25.6 Å². The molecule has 0 saturated heterocycles. The molecule has 6 heteroatoms. The van der Waals surface area contributed by atoms with Crippen molar-refractivity contribution < 1.29 is 8.78 Å². The zero-order valence-corrected chi connectivity index (χ0v) is 12.2. The van der Waals surface area contributed by atoms with Crippen molar-refractivity contribution >= 4 is 29.9 Å². The number of hydrogen-bond acceptors (Lipinski definition) is 3. The lowest BCUT2D eigenvalue weighted by molar-refractivity contribution is 0.582. The van der Waals surface area contributed by atoms with Crippen molar-refractivity contribution in [3.8, 4) is 0 Å². The van der Waals surface area contributed by atoms with Crippen molar-refractivity contribution in [1.29, 1.82) is 0 Å². The maximum Gasteiger partial charge on any atom is 0.191 e. The van der Waals surface area contributed by atoms with Gasteiger partial charge < -0.3 is 10.6 Å². The summed E-state index contributed by atoms with van der Waals surface area (Å²) < 4.78 is 26.2. The van der Waals surface area contributed by atoms with Crippen molar-refractivity contribution in [3.63, 3.8) is 0 Å². The lowest BCUT2D eigenvalue weighted by Gasteiger charge is -2.15. The lowest BCUT2D eigenvalue weighted by atomic mass is 10.1. The van der Waals surface area contributed by atoms with Crippen LogP contribution in [0.2, 0.25) is 0 Å². The van der Waals surface area contributed by atoms with Crippen LogP contribution >= 0.6 is 24.0 Å². The van der Waals surface area contributed by atoms with Crippen molar-refractivity contribution in [2.75, 3.05) is 19.6 Å². The average Bonchev–Trinajstić information content (AvgIpc) is 2.35. The Morgan fingerprint density at radius 1 is 1.33 bits per heavy atom. The molecule has 0 fully saturated rings. The largest absolute Gasteiger partial charge is 0.356 e. The van der Waals surface area contributed by atoms with E-state index < -0.39 is 5.82 Å². The molecule has 2 rings (SSSR count). The molecule has 18 heavy (non-hydrogen) atoms. The van der Waals surface area contributed by atoms with Gasteiger partial charge >= 0.3 is 0 Å². The quantitative estimate of drug-likeness (QED) is 0.803. The smallest absolute Gasteiger partial charge is 0.191 e. The molecular weight excluding hydrogens is 351 g/mol. The normalized spacial score (nSPS) is 14.2. The summed E-state index contributed by atoms with van der Waals surface area (Å²) in [5, 5.41) is 6.17. The summed E-state index contributed by atoms with van der Waals surface area (Å²) >= 11 is 0. The molecule has 1 aromatic rings. The summed E-state index contributed by atoms with van der Waals surface area (Å²) in [7, 11) is 0. The van der Waals surface area contributed by atoms with Gasteiger partial charge in [0.1, 0.15) is 11.6 Å². The number of nitrogens with one attached hydrogen (secondary N) is 2. The summed E-state index contributed by atoms with van der Waals surface area (Å²) in [4.78, 5) is 4.23. The van der Waals surface area contributed by atoms with E-state index in [4.69, 9.17) is 0 Å². The summed E-state index contributed by atoms with van der Waals surface area (Å²) in [6.07, 6.45) is 1.47. The van der Waals surface area contributed by atoms with Gasteiger partial charge in [0.2, 0.25) is 0 Å². The standard InChI is InChI=1S/C12H15F2N3.HI/c13-10-2-3-11(14)9(8-10)4-7-17-12-15-5-1-6-16-12;/h2-3,8H,1,4-7H2,(H2,15,16,17);1H. The van der Waals surface area contributed by atoms with Gasteiger partial charge in [0.25, 0.3) is 0 Å². The highest BCUT2D eigenvalue weighted by atomic mass is 127. The zero-order valence-electron chi connectivity index (χ0n) is 9.88. The molecule has 0 aliphatic carbocycles.